The second-order valence-corrected chi connectivity index (χ2v) is 8.64. The van der Waals surface area contributed by atoms with Crippen LogP contribution in [0.4, 0.5) is 0 Å². The van der Waals surface area contributed by atoms with E-state index < -0.39 is 10.0 Å². The summed E-state index contributed by atoms with van der Waals surface area (Å²) >= 11 is 1.50. The molecule has 0 radical (unpaired) electrons. The Labute approximate surface area is 126 Å². The molecular weight excluding hydrogens is 292 g/mol. The molecule has 0 saturated heterocycles. The Kier molecular flexibility index (Phi) is 5.23. The van der Waals surface area contributed by atoms with Crippen molar-refractivity contribution >= 4 is 21.4 Å². The van der Waals surface area contributed by atoms with E-state index in [1.807, 2.05) is 12.4 Å². The average molecular weight is 316 g/mol. The Balaban J connectivity index is 2.18. The van der Waals surface area contributed by atoms with E-state index in [1.54, 1.807) is 17.4 Å². The Bertz CT molecular complexity index is 531. The van der Waals surface area contributed by atoms with Gasteiger partial charge in [0.25, 0.3) is 0 Å². The molecule has 1 aromatic rings. The van der Waals surface area contributed by atoms with Crippen molar-refractivity contribution in [2.24, 2.45) is 5.92 Å². The number of rotatable bonds is 5. The number of hydrogen-bond acceptors (Lipinski definition) is 4. The molecule has 1 aromatic heterocycles. The van der Waals surface area contributed by atoms with Crippen LogP contribution < -0.4 is 5.32 Å². The van der Waals surface area contributed by atoms with Crippen LogP contribution in [-0.4, -0.2) is 32.9 Å². The maximum absolute atomic E-state index is 12.8. The van der Waals surface area contributed by atoms with Gasteiger partial charge < -0.3 is 5.32 Å². The lowest BCUT2D eigenvalue weighted by atomic mass is 9.87. The molecule has 0 aliphatic heterocycles. The second kappa shape index (κ2) is 6.56. The van der Waals surface area contributed by atoms with Crippen LogP contribution in [0.5, 0.6) is 0 Å². The summed E-state index contributed by atoms with van der Waals surface area (Å²) in [5.74, 6) is 0.725. The summed E-state index contributed by atoms with van der Waals surface area (Å²) in [6.45, 7) is 2.84. The lowest BCUT2D eigenvalue weighted by Crippen LogP contribution is -2.39. The minimum absolute atomic E-state index is 0.151. The summed E-state index contributed by atoms with van der Waals surface area (Å²) in [6, 6.07) is 1.88. The van der Waals surface area contributed by atoms with Gasteiger partial charge in [0.05, 0.1) is 4.90 Å². The van der Waals surface area contributed by atoms with Crippen molar-refractivity contribution in [3.63, 3.8) is 0 Å². The molecule has 20 heavy (non-hydrogen) atoms. The molecule has 0 spiro atoms. The summed E-state index contributed by atoms with van der Waals surface area (Å²) in [5.41, 5.74) is 0. The van der Waals surface area contributed by atoms with Crippen molar-refractivity contribution in [3.8, 4) is 0 Å². The highest BCUT2D eigenvalue weighted by Gasteiger charge is 2.32. The number of sulfonamides is 1. The maximum atomic E-state index is 12.8. The van der Waals surface area contributed by atoms with E-state index in [4.69, 9.17) is 0 Å². The smallest absolute Gasteiger partial charge is 0.244 e. The number of nitrogens with one attached hydrogen (secondary N) is 1. The van der Waals surface area contributed by atoms with Crippen LogP contribution in [0, 0.1) is 5.92 Å². The van der Waals surface area contributed by atoms with Crippen LogP contribution >= 0.6 is 11.3 Å². The van der Waals surface area contributed by atoms with Crippen molar-refractivity contribution in [1.29, 1.82) is 0 Å². The molecular formula is C14H24N2O2S2. The van der Waals surface area contributed by atoms with E-state index in [0.29, 0.717) is 11.4 Å². The van der Waals surface area contributed by atoms with Gasteiger partial charge in [-0.15, -0.1) is 11.3 Å². The zero-order chi connectivity index (χ0) is 14.8. The van der Waals surface area contributed by atoms with Crippen molar-refractivity contribution in [1.82, 2.24) is 9.62 Å². The molecule has 0 bridgehead atoms. The predicted octanol–water partition coefficient (Wildman–Crippen LogP) is 2.67. The van der Waals surface area contributed by atoms with Crippen molar-refractivity contribution in [2.45, 2.75) is 50.1 Å². The third-order valence-electron chi connectivity index (χ3n) is 4.20. The molecule has 1 aliphatic carbocycles. The lowest BCUT2D eigenvalue weighted by molar-refractivity contribution is 0.246. The first-order valence-electron chi connectivity index (χ1n) is 7.15. The zero-order valence-electron chi connectivity index (χ0n) is 12.4. The molecule has 0 amide bonds. The first-order chi connectivity index (χ1) is 9.46. The first-order valence-corrected chi connectivity index (χ1v) is 9.47. The highest BCUT2D eigenvalue weighted by atomic mass is 32.2. The summed E-state index contributed by atoms with van der Waals surface area (Å²) < 4.78 is 27.1. The Morgan fingerprint density at radius 2 is 2.00 bits per heavy atom. The van der Waals surface area contributed by atoms with Crippen LogP contribution in [0.2, 0.25) is 0 Å². The van der Waals surface area contributed by atoms with Gasteiger partial charge in [-0.2, -0.15) is 4.31 Å². The Morgan fingerprint density at radius 3 is 2.60 bits per heavy atom. The molecule has 2 rings (SSSR count). The minimum Gasteiger partial charge on any atom is -0.315 e. The highest BCUT2D eigenvalue weighted by molar-refractivity contribution is 7.89. The summed E-state index contributed by atoms with van der Waals surface area (Å²) in [5, 5.41) is 4.89. The molecule has 0 atom stereocenters. The second-order valence-electron chi connectivity index (χ2n) is 5.67. The predicted molar refractivity (Wildman–Crippen MR) is 83.5 cm³/mol. The fourth-order valence-electron chi connectivity index (χ4n) is 2.81. The highest BCUT2D eigenvalue weighted by Crippen LogP contribution is 2.31. The molecule has 1 aliphatic rings. The molecule has 114 valence electrons. The third kappa shape index (κ3) is 3.24. The molecule has 0 aromatic carbocycles. The Morgan fingerprint density at radius 1 is 1.35 bits per heavy atom. The van der Waals surface area contributed by atoms with E-state index in [2.05, 4.69) is 12.2 Å². The average Bonchev–Trinajstić information content (AvgIpc) is 2.88. The van der Waals surface area contributed by atoms with Crippen LogP contribution in [-0.2, 0) is 16.6 Å². The first kappa shape index (κ1) is 15.9. The maximum Gasteiger partial charge on any atom is 0.244 e. The number of hydrogen-bond donors (Lipinski definition) is 1. The van der Waals surface area contributed by atoms with Gasteiger partial charge in [0, 0.05) is 24.5 Å². The van der Waals surface area contributed by atoms with E-state index in [9.17, 15) is 8.42 Å². The van der Waals surface area contributed by atoms with Crippen LogP contribution in [0.15, 0.2) is 16.3 Å². The minimum atomic E-state index is -3.36. The molecule has 1 saturated carbocycles. The van der Waals surface area contributed by atoms with Crippen LogP contribution in [0.3, 0.4) is 0 Å². The number of nitrogens with zero attached hydrogens (tertiary/aromatic N) is 1. The van der Waals surface area contributed by atoms with Gasteiger partial charge >= 0.3 is 0 Å². The van der Waals surface area contributed by atoms with Gasteiger partial charge in [0.2, 0.25) is 10.0 Å². The van der Waals surface area contributed by atoms with Gasteiger partial charge in [0.15, 0.2) is 0 Å². The van der Waals surface area contributed by atoms with E-state index >= 15 is 0 Å². The van der Waals surface area contributed by atoms with Gasteiger partial charge in [-0.05, 0) is 50.1 Å². The summed E-state index contributed by atoms with van der Waals surface area (Å²) in [7, 11) is 0.207. The normalized spacial score (nSPS) is 24.2. The van der Waals surface area contributed by atoms with Crippen molar-refractivity contribution < 1.29 is 8.42 Å². The van der Waals surface area contributed by atoms with Crippen LogP contribution in [0.25, 0.3) is 0 Å². The van der Waals surface area contributed by atoms with E-state index in [0.717, 1.165) is 36.5 Å². The topological polar surface area (TPSA) is 49.4 Å². The quantitative estimate of drug-likeness (QED) is 0.908. The van der Waals surface area contributed by atoms with Crippen LogP contribution in [0.1, 0.15) is 37.5 Å². The van der Waals surface area contributed by atoms with E-state index in [1.165, 1.54) is 11.3 Å². The van der Waals surface area contributed by atoms with Crippen molar-refractivity contribution in [3.05, 3.63) is 16.3 Å². The summed E-state index contributed by atoms with van der Waals surface area (Å²) in [6.07, 6.45) is 4.19. The molecule has 0 unspecified atom stereocenters. The summed E-state index contributed by atoms with van der Waals surface area (Å²) in [4.78, 5) is 1.36. The lowest BCUT2D eigenvalue weighted by Gasteiger charge is -2.32. The van der Waals surface area contributed by atoms with Gasteiger partial charge in [-0.1, -0.05) is 6.92 Å². The number of thiophene rings is 1. The molecule has 1 N–H and O–H groups in total. The fourth-order valence-corrected chi connectivity index (χ4v) is 5.65. The van der Waals surface area contributed by atoms with E-state index in [-0.39, 0.29) is 6.04 Å². The monoisotopic (exact) mass is 316 g/mol. The van der Waals surface area contributed by atoms with Gasteiger partial charge in [-0.3, -0.25) is 0 Å². The fraction of sp³-hybridized carbons (Fsp3) is 0.714. The molecule has 1 fully saturated rings. The van der Waals surface area contributed by atoms with Gasteiger partial charge in [-0.25, -0.2) is 8.42 Å². The van der Waals surface area contributed by atoms with Gasteiger partial charge in [0.1, 0.15) is 0 Å². The standard InChI is InChI=1S/C14H24N2O2S2/c1-11-4-6-12(7-5-11)16(3)20(17,18)14-8-9-19-13(14)10-15-2/h8-9,11-12,15H,4-7,10H2,1-3H3. The largest absolute Gasteiger partial charge is 0.315 e. The molecule has 1 heterocycles. The molecule has 6 heteroatoms. The third-order valence-corrected chi connectivity index (χ3v) is 7.24. The SMILES string of the molecule is CNCc1sccc1S(=O)(=O)N(C)C1CCC(C)CC1. The molecule has 4 nitrogen and oxygen atoms in total. The zero-order valence-corrected chi connectivity index (χ0v) is 14.1. The Hall–Kier alpha value is -0.430. The van der Waals surface area contributed by atoms with Crippen molar-refractivity contribution in [2.75, 3.05) is 14.1 Å².